The number of benzene rings is 1. The summed E-state index contributed by atoms with van der Waals surface area (Å²) >= 11 is 0. The fourth-order valence-electron chi connectivity index (χ4n) is 2.36. The highest BCUT2D eigenvalue weighted by Gasteiger charge is 2.16. The van der Waals surface area contributed by atoms with Crippen LogP contribution in [-0.4, -0.2) is 22.4 Å². The van der Waals surface area contributed by atoms with Crippen LogP contribution in [0, 0.1) is 11.6 Å². The quantitative estimate of drug-likeness (QED) is 0.850. The van der Waals surface area contributed by atoms with Crippen molar-refractivity contribution in [2.45, 2.75) is 32.2 Å². The summed E-state index contributed by atoms with van der Waals surface area (Å²) in [5.41, 5.74) is 1.06. The number of nitrogens with one attached hydrogen (secondary N) is 1. The van der Waals surface area contributed by atoms with Crippen LogP contribution >= 0.6 is 0 Å². The minimum atomic E-state index is -0.487. The molecule has 1 N–H and O–H groups in total. The molecule has 0 radical (unpaired) electrons. The van der Waals surface area contributed by atoms with Gasteiger partial charge in [0.15, 0.2) is 0 Å². The van der Waals surface area contributed by atoms with Crippen molar-refractivity contribution >= 4 is 0 Å². The monoisotopic (exact) mass is 293 g/mol. The van der Waals surface area contributed by atoms with Gasteiger partial charge in [0.2, 0.25) is 0 Å². The van der Waals surface area contributed by atoms with Crippen molar-refractivity contribution in [3.63, 3.8) is 0 Å². The van der Waals surface area contributed by atoms with Crippen LogP contribution in [0.2, 0.25) is 0 Å². The first-order valence-corrected chi connectivity index (χ1v) is 7.25. The number of hydrogen-bond acceptors (Lipinski definition) is 2. The molecule has 1 atom stereocenters. The first kappa shape index (κ1) is 15.6. The van der Waals surface area contributed by atoms with Gasteiger partial charge in [0.1, 0.15) is 11.6 Å². The molecule has 0 amide bonds. The van der Waals surface area contributed by atoms with Crippen molar-refractivity contribution in [3.8, 4) is 0 Å². The van der Waals surface area contributed by atoms with Gasteiger partial charge in [-0.05, 0) is 37.6 Å². The van der Waals surface area contributed by atoms with E-state index in [0.717, 1.165) is 18.7 Å². The van der Waals surface area contributed by atoms with E-state index in [2.05, 4.69) is 17.3 Å². The zero-order valence-corrected chi connectivity index (χ0v) is 12.4. The Labute approximate surface area is 124 Å². The second-order valence-electron chi connectivity index (χ2n) is 5.24. The molecule has 1 aromatic heterocycles. The summed E-state index contributed by atoms with van der Waals surface area (Å²) in [6, 6.07) is 5.89. The molecule has 21 heavy (non-hydrogen) atoms. The van der Waals surface area contributed by atoms with Gasteiger partial charge in [-0.3, -0.25) is 4.68 Å². The molecule has 2 aromatic rings. The van der Waals surface area contributed by atoms with Gasteiger partial charge in [0.05, 0.1) is 5.69 Å². The number of halogens is 2. The van der Waals surface area contributed by atoms with Crippen LogP contribution in [-0.2, 0) is 19.9 Å². The van der Waals surface area contributed by atoms with Gasteiger partial charge >= 0.3 is 0 Å². The molecule has 0 fully saturated rings. The van der Waals surface area contributed by atoms with Crippen molar-refractivity contribution < 1.29 is 8.78 Å². The van der Waals surface area contributed by atoms with Crippen molar-refractivity contribution in [2.75, 3.05) is 6.54 Å². The third-order valence-electron chi connectivity index (χ3n) is 3.42. The van der Waals surface area contributed by atoms with Crippen molar-refractivity contribution in [1.29, 1.82) is 0 Å². The van der Waals surface area contributed by atoms with Crippen LogP contribution in [0.5, 0.6) is 0 Å². The fraction of sp³-hybridized carbons (Fsp3) is 0.438. The molecule has 0 spiro atoms. The molecule has 1 heterocycles. The number of nitrogens with zero attached hydrogens (tertiary/aromatic N) is 2. The van der Waals surface area contributed by atoms with Crippen molar-refractivity contribution in [3.05, 3.63) is 53.4 Å². The molecule has 1 aromatic carbocycles. The molecule has 114 valence electrons. The largest absolute Gasteiger partial charge is 0.313 e. The van der Waals surface area contributed by atoms with Gasteiger partial charge in [-0.2, -0.15) is 5.10 Å². The third kappa shape index (κ3) is 4.36. The van der Waals surface area contributed by atoms with Crippen LogP contribution in [0.3, 0.4) is 0 Å². The van der Waals surface area contributed by atoms with Crippen LogP contribution in [0.1, 0.15) is 24.6 Å². The molecule has 0 saturated carbocycles. The van der Waals surface area contributed by atoms with E-state index in [9.17, 15) is 8.78 Å². The van der Waals surface area contributed by atoms with Gasteiger partial charge < -0.3 is 5.32 Å². The van der Waals surface area contributed by atoms with Crippen LogP contribution in [0.25, 0.3) is 0 Å². The lowest BCUT2D eigenvalue weighted by Crippen LogP contribution is -2.34. The SMILES string of the molecule is CCCNC(Cc1ccn(C)n1)Cc1c(F)cccc1F. The third-order valence-corrected chi connectivity index (χ3v) is 3.42. The Kier molecular flexibility index (Phi) is 5.44. The zero-order chi connectivity index (χ0) is 15.2. The van der Waals surface area contributed by atoms with E-state index in [1.54, 1.807) is 4.68 Å². The first-order chi connectivity index (χ1) is 10.1. The molecule has 0 aliphatic carbocycles. The maximum atomic E-state index is 13.8. The van der Waals surface area contributed by atoms with Gasteiger partial charge in [0.25, 0.3) is 0 Å². The first-order valence-electron chi connectivity index (χ1n) is 7.25. The zero-order valence-electron chi connectivity index (χ0n) is 12.4. The maximum Gasteiger partial charge on any atom is 0.129 e. The molecule has 1 unspecified atom stereocenters. The van der Waals surface area contributed by atoms with Crippen molar-refractivity contribution in [1.82, 2.24) is 15.1 Å². The summed E-state index contributed by atoms with van der Waals surface area (Å²) < 4.78 is 29.3. The van der Waals surface area contributed by atoms with Crippen LogP contribution < -0.4 is 5.32 Å². The fourth-order valence-corrected chi connectivity index (χ4v) is 2.36. The van der Waals surface area contributed by atoms with Crippen LogP contribution in [0.4, 0.5) is 8.78 Å². The van der Waals surface area contributed by atoms with Gasteiger partial charge in [-0.25, -0.2) is 8.78 Å². The van der Waals surface area contributed by atoms with Crippen LogP contribution in [0.15, 0.2) is 30.5 Å². The van der Waals surface area contributed by atoms with Crippen molar-refractivity contribution in [2.24, 2.45) is 7.05 Å². The second-order valence-corrected chi connectivity index (χ2v) is 5.24. The Balaban J connectivity index is 2.12. The topological polar surface area (TPSA) is 29.9 Å². The predicted octanol–water partition coefficient (Wildman–Crippen LogP) is 2.85. The summed E-state index contributed by atoms with van der Waals surface area (Å²) in [7, 11) is 1.86. The van der Waals surface area contributed by atoms with E-state index in [-0.39, 0.29) is 11.6 Å². The van der Waals surface area contributed by atoms with E-state index in [1.807, 2.05) is 19.3 Å². The Hall–Kier alpha value is -1.75. The number of hydrogen-bond donors (Lipinski definition) is 1. The molecule has 2 rings (SSSR count). The van der Waals surface area contributed by atoms with E-state index in [0.29, 0.717) is 12.8 Å². The summed E-state index contributed by atoms with van der Waals surface area (Å²) in [5.74, 6) is -0.973. The van der Waals surface area contributed by atoms with E-state index < -0.39 is 11.6 Å². The lowest BCUT2D eigenvalue weighted by Gasteiger charge is -2.18. The normalized spacial score (nSPS) is 12.6. The van der Waals surface area contributed by atoms with Gasteiger partial charge in [-0.1, -0.05) is 13.0 Å². The summed E-state index contributed by atoms with van der Waals surface area (Å²) in [5, 5.41) is 7.68. The minimum absolute atomic E-state index is 0.0359. The molecule has 0 saturated heterocycles. The number of rotatable bonds is 7. The smallest absolute Gasteiger partial charge is 0.129 e. The molecular weight excluding hydrogens is 272 g/mol. The molecule has 0 aliphatic rings. The highest BCUT2D eigenvalue weighted by molar-refractivity contribution is 5.21. The van der Waals surface area contributed by atoms with Gasteiger partial charge in [0, 0.05) is 31.3 Å². The second kappa shape index (κ2) is 7.31. The standard InChI is InChI=1S/C16H21F2N3/c1-3-8-19-13(10-12-7-9-21(2)20-12)11-14-15(17)5-4-6-16(14)18/h4-7,9,13,19H,3,8,10-11H2,1-2H3. The Morgan fingerprint density at radius 1 is 1.19 bits per heavy atom. The summed E-state index contributed by atoms with van der Waals surface area (Å²) in [6.07, 6.45) is 3.80. The summed E-state index contributed by atoms with van der Waals surface area (Å²) in [4.78, 5) is 0. The lowest BCUT2D eigenvalue weighted by atomic mass is 10.0. The predicted molar refractivity (Wildman–Crippen MR) is 79.1 cm³/mol. The minimum Gasteiger partial charge on any atom is -0.313 e. The Morgan fingerprint density at radius 2 is 1.90 bits per heavy atom. The maximum absolute atomic E-state index is 13.8. The van der Waals surface area contributed by atoms with Gasteiger partial charge in [-0.15, -0.1) is 0 Å². The lowest BCUT2D eigenvalue weighted by molar-refractivity contribution is 0.470. The van der Waals surface area contributed by atoms with E-state index in [4.69, 9.17) is 0 Å². The highest BCUT2D eigenvalue weighted by atomic mass is 19.1. The number of aromatic nitrogens is 2. The molecular formula is C16H21F2N3. The highest BCUT2D eigenvalue weighted by Crippen LogP contribution is 2.16. The van der Waals surface area contributed by atoms with E-state index >= 15 is 0 Å². The number of aryl methyl sites for hydroxylation is 1. The molecule has 3 nitrogen and oxygen atoms in total. The molecule has 0 bridgehead atoms. The van der Waals surface area contributed by atoms with E-state index in [1.165, 1.54) is 18.2 Å². The molecule has 5 heteroatoms. The molecule has 0 aliphatic heterocycles. The average Bonchev–Trinajstić information content (AvgIpc) is 2.85. The summed E-state index contributed by atoms with van der Waals surface area (Å²) in [6.45, 7) is 2.88. The Bertz CT molecular complexity index is 560. The average molecular weight is 293 g/mol. The Morgan fingerprint density at radius 3 is 2.48 bits per heavy atom.